The Morgan fingerprint density at radius 2 is 1.74 bits per heavy atom. The van der Waals surface area contributed by atoms with Crippen molar-refractivity contribution in [2.45, 2.75) is 0 Å². The van der Waals surface area contributed by atoms with Crippen LogP contribution in [-0.4, -0.2) is 24.9 Å². The van der Waals surface area contributed by atoms with Crippen LogP contribution < -0.4 is 10.4 Å². The Morgan fingerprint density at radius 1 is 1.00 bits per heavy atom. The summed E-state index contributed by atoms with van der Waals surface area (Å²) >= 11 is 0. The molecule has 0 aliphatic heterocycles. The molecule has 0 bridgehead atoms. The number of rotatable bonds is 3. The number of carbonyl (C=O) groups is 1. The Kier molecular flexibility index (Phi) is 3.85. The van der Waals surface area contributed by atoms with Crippen molar-refractivity contribution in [3.8, 4) is 11.3 Å². The largest absolute Gasteiger partial charge is 0.465 e. The van der Waals surface area contributed by atoms with E-state index in [1.165, 1.54) is 19.0 Å². The van der Waals surface area contributed by atoms with Gasteiger partial charge in [-0.2, -0.15) is 0 Å². The third-order valence-corrected chi connectivity index (χ3v) is 3.65. The number of hydrogen-bond donors (Lipinski definition) is 0. The van der Waals surface area contributed by atoms with Gasteiger partial charge in [-0.05, 0) is 29.7 Å². The molecule has 5 nitrogen and oxygen atoms in total. The lowest BCUT2D eigenvalue weighted by molar-refractivity contribution is 0.0601. The standard InChI is InChI=1S/C18H15NO4/c1-22-18(21)13-8-9-15-14(10-13)11-16(19(23-2)17(15)20)12-6-4-3-5-7-12/h3-11H,1-2H3. The van der Waals surface area contributed by atoms with Gasteiger partial charge in [0, 0.05) is 5.56 Å². The van der Waals surface area contributed by atoms with Gasteiger partial charge in [0.1, 0.15) is 7.11 Å². The SMILES string of the molecule is COC(=O)c1ccc2c(=O)n(OC)c(-c3ccccc3)cc2c1. The molecule has 1 heterocycles. The van der Waals surface area contributed by atoms with Crippen molar-refractivity contribution in [1.82, 2.24) is 4.73 Å². The molecule has 3 aromatic rings. The molecule has 0 amide bonds. The molecule has 0 radical (unpaired) electrons. The molecule has 1 aromatic heterocycles. The van der Waals surface area contributed by atoms with Crippen LogP contribution in [-0.2, 0) is 4.74 Å². The minimum absolute atomic E-state index is 0.278. The van der Waals surface area contributed by atoms with E-state index >= 15 is 0 Å². The first-order chi connectivity index (χ1) is 11.2. The van der Waals surface area contributed by atoms with E-state index in [1.54, 1.807) is 18.2 Å². The molecule has 0 fully saturated rings. The minimum Gasteiger partial charge on any atom is -0.465 e. The van der Waals surface area contributed by atoms with Crippen LogP contribution >= 0.6 is 0 Å². The average molecular weight is 309 g/mol. The topological polar surface area (TPSA) is 57.5 Å². The summed E-state index contributed by atoms with van der Waals surface area (Å²) in [5.41, 5.74) is 1.58. The van der Waals surface area contributed by atoms with Crippen molar-refractivity contribution in [2.75, 3.05) is 14.2 Å². The second-order valence-corrected chi connectivity index (χ2v) is 4.97. The van der Waals surface area contributed by atoms with Crippen LogP contribution in [0.4, 0.5) is 0 Å². The lowest BCUT2D eigenvalue weighted by Gasteiger charge is -2.13. The summed E-state index contributed by atoms with van der Waals surface area (Å²) in [5, 5.41) is 1.13. The first-order valence-electron chi connectivity index (χ1n) is 7.03. The van der Waals surface area contributed by atoms with Gasteiger partial charge in [0.05, 0.1) is 23.8 Å². The van der Waals surface area contributed by atoms with Crippen molar-refractivity contribution < 1.29 is 14.4 Å². The van der Waals surface area contributed by atoms with Crippen molar-refractivity contribution in [1.29, 1.82) is 0 Å². The van der Waals surface area contributed by atoms with Crippen molar-refractivity contribution in [2.24, 2.45) is 0 Å². The maximum atomic E-state index is 12.6. The molecule has 0 unspecified atom stereocenters. The molecule has 0 spiro atoms. The highest BCUT2D eigenvalue weighted by molar-refractivity contribution is 5.96. The molecule has 116 valence electrons. The van der Waals surface area contributed by atoms with Crippen LogP contribution in [0.3, 0.4) is 0 Å². The van der Waals surface area contributed by atoms with Gasteiger partial charge in [-0.1, -0.05) is 30.3 Å². The summed E-state index contributed by atoms with van der Waals surface area (Å²) < 4.78 is 5.97. The Hall–Kier alpha value is -3.08. The number of ether oxygens (including phenoxy) is 1. The highest BCUT2D eigenvalue weighted by Crippen LogP contribution is 2.22. The Labute approximate surface area is 132 Å². The molecule has 2 aromatic carbocycles. The smallest absolute Gasteiger partial charge is 0.337 e. The fourth-order valence-corrected chi connectivity index (χ4v) is 2.54. The normalized spacial score (nSPS) is 10.5. The maximum Gasteiger partial charge on any atom is 0.337 e. The zero-order valence-electron chi connectivity index (χ0n) is 12.8. The molecular weight excluding hydrogens is 294 g/mol. The Morgan fingerprint density at radius 3 is 2.39 bits per heavy atom. The van der Waals surface area contributed by atoms with E-state index < -0.39 is 5.97 Å². The number of aromatic nitrogens is 1. The highest BCUT2D eigenvalue weighted by Gasteiger charge is 2.13. The van der Waals surface area contributed by atoms with Gasteiger partial charge >= 0.3 is 5.97 Å². The summed E-state index contributed by atoms with van der Waals surface area (Å²) in [6.45, 7) is 0. The number of hydrogen-bond acceptors (Lipinski definition) is 4. The highest BCUT2D eigenvalue weighted by atomic mass is 16.6. The third-order valence-electron chi connectivity index (χ3n) is 3.65. The van der Waals surface area contributed by atoms with E-state index in [0.717, 1.165) is 5.56 Å². The first-order valence-corrected chi connectivity index (χ1v) is 7.03. The maximum absolute atomic E-state index is 12.6. The first kappa shape index (κ1) is 14.8. The lowest BCUT2D eigenvalue weighted by Crippen LogP contribution is -2.26. The zero-order chi connectivity index (χ0) is 16.4. The fraction of sp³-hybridized carbons (Fsp3) is 0.111. The van der Waals surface area contributed by atoms with Gasteiger partial charge in [-0.15, -0.1) is 4.73 Å². The zero-order valence-corrected chi connectivity index (χ0v) is 12.8. The van der Waals surface area contributed by atoms with Crippen LogP contribution in [0.5, 0.6) is 0 Å². The summed E-state index contributed by atoms with van der Waals surface area (Å²) in [6.07, 6.45) is 0. The predicted molar refractivity (Wildman–Crippen MR) is 87.5 cm³/mol. The van der Waals surface area contributed by atoms with E-state index in [9.17, 15) is 9.59 Å². The number of methoxy groups -OCH3 is 1. The molecule has 3 rings (SSSR count). The van der Waals surface area contributed by atoms with Crippen LogP contribution in [0.2, 0.25) is 0 Å². The van der Waals surface area contributed by atoms with Gasteiger partial charge in [0.15, 0.2) is 0 Å². The molecule has 0 N–H and O–H groups in total. The summed E-state index contributed by atoms with van der Waals surface area (Å²) in [6, 6.07) is 16.1. The van der Waals surface area contributed by atoms with Gasteiger partial charge in [-0.25, -0.2) is 4.79 Å². The van der Waals surface area contributed by atoms with Crippen molar-refractivity contribution in [3.05, 3.63) is 70.5 Å². The molecule has 0 aliphatic rings. The molecular formula is C18H15NO4. The van der Waals surface area contributed by atoms with Crippen LogP contribution in [0.1, 0.15) is 10.4 Å². The molecule has 23 heavy (non-hydrogen) atoms. The summed E-state index contributed by atoms with van der Waals surface area (Å²) in [5.74, 6) is -0.441. The van der Waals surface area contributed by atoms with Gasteiger partial charge in [0.25, 0.3) is 5.56 Å². The molecule has 0 saturated heterocycles. The summed E-state index contributed by atoms with van der Waals surface area (Å²) in [7, 11) is 2.77. The number of nitrogens with zero attached hydrogens (tertiary/aromatic N) is 1. The molecule has 0 atom stereocenters. The van der Waals surface area contributed by atoms with Crippen LogP contribution in [0, 0.1) is 0 Å². The predicted octanol–water partition coefficient (Wildman–Crippen LogP) is 2.51. The second kappa shape index (κ2) is 5.96. The number of carbonyl (C=O) groups excluding carboxylic acids is 1. The summed E-state index contributed by atoms with van der Waals surface area (Å²) in [4.78, 5) is 29.6. The number of benzene rings is 2. The quantitative estimate of drug-likeness (QED) is 0.698. The van der Waals surface area contributed by atoms with E-state index in [-0.39, 0.29) is 5.56 Å². The van der Waals surface area contributed by atoms with E-state index in [4.69, 9.17) is 9.57 Å². The molecule has 0 saturated carbocycles. The Balaban J connectivity index is 2.31. The van der Waals surface area contributed by atoms with Crippen LogP contribution in [0.25, 0.3) is 22.0 Å². The second-order valence-electron chi connectivity index (χ2n) is 4.97. The average Bonchev–Trinajstić information content (AvgIpc) is 2.61. The Bertz CT molecular complexity index is 929. The van der Waals surface area contributed by atoms with Gasteiger partial charge in [-0.3, -0.25) is 4.79 Å². The minimum atomic E-state index is -0.441. The molecule has 5 heteroatoms. The number of esters is 1. The third kappa shape index (κ3) is 2.57. The number of fused-ring (bicyclic) bond motifs is 1. The van der Waals surface area contributed by atoms with E-state index in [0.29, 0.717) is 22.0 Å². The van der Waals surface area contributed by atoms with Gasteiger partial charge < -0.3 is 9.57 Å². The fourth-order valence-electron chi connectivity index (χ4n) is 2.54. The lowest BCUT2D eigenvalue weighted by atomic mass is 10.0. The van der Waals surface area contributed by atoms with Crippen molar-refractivity contribution >= 4 is 16.7 Å². The van der Waals surface area contributed by atoms with E-state index in [2.05, 4.69) is 0 Å². The number of pyridine rings is 1. The molecule has 0 aliphatic carbocycles. The van der Waals surface area contributed by atoms with Gasteiger partial charge in [0.2, 0.25) is 0 Å². The van der Waals surface area contributed by atoms with Crippen molar-refractivity contribution in [3.63, 3.8) is 0 Å². The van der Waals surface area contributed by atoms with E-state index in [1.807, 2.05) is 36.4 Å². The van der Waals surface area contributed by atoms with Crippen LogP contribution in [0.15, 0.2) is 59.4 Å². The monoisotopic (exact) mass is 309 g/mol.